The molecular formula is C35H44B. The van der Waals surface area contributed by atoms with Gasteiger partial charge < -0.3 is 0 Å². The van der Waals surface area contributed by atoms with E-state index < -0.39 is 0 Å². The Hall–Kier alpha value is -2.54. The molecule has 1 radical (unpaired) electrons. The van der Waals surface area contributed by atoms with Gasteiger partial charge in [-0.3, -0.25) is 0 Å². The van der Waals surface area contributed by atoms with E-state index in [0.29, 0.717) is 0 Å². The summed E-state index contributed by atoms with van der Waals surface area (Å²) in [5.74, 6) is 0. The molecule has 0 aliphatic heterocycles. The second kappa shape index (κ2) is 10.1. The number of hydrogen-bond acceptors (Lipinski definition) is 0. The lowest BCUT2D eigenvalue weighted by Gasteiger charge is -2.42. The zero-order valence-corrected chi connectivity index (χ0v) is 24.1. The van der Waals surface area contributed by atoms with Gasteiger partial charge in [-0.15, -0.1) is 0 Å². The minimum absolute atomic E-state index is 0.0991. The Bertz CT molecular complexity index is 1370. The Balaban J connectivity index is 2.05. The summed E-state index contributed by atoms with van der Waals surface area (Å²) in [7, 11) is 2.68. The molecule has 0 aliphatic carbocycles. The Morgan fingerprint density at radius 3 is 1.81 bits per heavy atom. The molecule has 0 amide bonds. The average Bonchev–Trinajstić information content (AvgIpc) is 2.85. The van der Waals surface area contributed by atoms with Gasteiger partial charge in [0.1, 0.15) is 7.28 Å². The van der Waals surface area contributed by atoms with Crippen LogP contribution in [0.15, 0.2) is 54.6 Å². The molecule has 1 heteroatoms. The van der Waals surface area contributed by atoms with Crippen molar-refractivity contribution in [2.45, 2.75) is 98.6 Å². The molecule has 4 rings (SSSR count). The predicted octanol–water partition coefficient (Wildman–Crippen LogP) is 10.6. The molecule has 0 saturated carbocycles. The van der Waals surface area contributed by atoms with E-state index in [4.69, 9.17) is 0 Å². The highest BCUT2D eigenvalue weighted by Gasteiger charge is 2.38. The van der Waals surface area contributed by atoms with E-state index in [9.17, 15) is 0 Å². The van der Waals surface area contributed by atoms with Crippen LogP contribution in [0.1, 0.15) is 88.1 Å². The van der Waals surface area contributed by atoms with Crippen LogP contribution >= 0.6 is 0 Å². The highest BCUT2D eigenvalue weighted by atomic mass is 14.3. The Kier molecular flexibility index (Phi) is 7.43. The first-order chi connectivity index (χ1) is 17.0. The van der Waals surface area contributed by atoms with Crippen molar-refractivity contribution in [3.8, 4) is 11.1 Å². The smallest absolute Gasteiger partial charge is 0.0674 e. The topological polar surface area (TPSA) is 0 Å². The van der Waals surface area contributed by atoms with Crippen LogP contribution in [0.2, 0.25) is 5.31 Å². The molecule has 0 fully saturated rings. The molecule has 0 saturated heterocycles. The van der Waals surface area contributed by atoms with Crippen molar-refractivity contribution in [3.63, 3.8) is 0 Å². The number of rotatable bonds is 7. The summed E-state index contributed by atoms with van der Waals surface area (Å²) in [4.78, 5) is 0. The fraction of sp³-hybridized carbons (Fsp3) is 0.429. The molecule has 0 spiro atoms. The highest BCUT2D eigenvalue weighted by molar-refractivity contribution is 6.44. The van der Waals surface area contributed by atoms with Gasteiger partial charge in [0.05, 0.1) is 0 Å². The van der Waals surface area contributed by atoms with Crippen molar-refractivity contribution in [2.75, 3.05) is 0 Å². The van der Waals surface area contributed by atoms with Crippen LogP contribution in [-0.2, 0) is 5.31 Å². The van der Waals surface area contributed by atoms with Gasteiger partial charge in [-0.05, 0) is 99.6 Å². The summed E-state index contributed by atoms with van der Waals surface area (Å²) in [6, 6.07) is 20.2. The van der Waals surface area contributed by atoms with Crippen molar-refractivity contribution >= 4 is 28.8 Å². The maximum atomic E-state index is 2.68. The van der Waals surface area contributed by atoms with E-state index in [-0.39, 0.29) is 10.6 Å². The number of fused-ring (bicyclic) bond motifs is 3. The summed E-state index contributed by atoms with van der Waals surface area (Å²) in [6.45, 7) is 21.3. The van der Waals surface area contributed by atoms with E-state index in [1.807, 2.05) is 0 Å². The molecule has 36 heavy (non-hydrogen) atoms. The molecular weight excluding hydrogens is 431 g/mol. The first-order valence-electron chi connectivity index (χ1n) is 13.9. The minimum Gasteiger partial charge on any atom is -0.0674 e. The lowest BCUT2D eigenvalue weighted by molar-refractivity contribution is 0.481. The van der Waals surface area contributed by atoms with E-state index >= 15 is 0 Å². The lowest BCUT2D eigenvalue weighted by Crippen LogP contribution is -2.39. The van der Waals surface area contributed by atoms with Crippen molar-refractivity contribution in [2.24, 2.45) is 0 Å². The normalized spacial score (nSPS) is 13.8. The zero-order chi connectivity index (χ0) is 26.3. The standard InChI is InChI=1S/C35H44B/c1-10-12-21-35(11-2,36-34(7,8)9)33-25(5)23(3)32(24(4)26(33)6)31-22-27-17-13-14-18-28(27)29-19-15-16-20-30(29)31/h13-20,22H,10-12,21H2,1-9H3. The summed E-state index contributed by atoms with van der Waals surface area (Å²) in [5, 5.41) is 5.61. The maximum Gasteiger partial charge on any atom is 0.131 e. The molecule has 4 aromatic carbocycles. The minimum atomic E-state index is 0.0991. The summed E-state index contributed by atoms with van der Waals surface area (Å²) < 4.78 is 0. The van der Waals surface area contributed by atoms with Gasteiger partial charge in [-0.1, -0.05) is 114 Å². The molecule has 1 atom stereocenters. The van der Waals surface area contributed by atoms with Gasteiger partial charge in [0.25, 0.3) is 0 Å². The fourth-order valence-corrected chi connectivity index (χ4v) is 6.77. The molecule has 0 aliphatic rings. The predicted molar refractivity (Wildman–Crippen MR) is 163 cm³/mol. The largest absolute Gasteiger partial charge is 0.131 e. The average molecular weight is 476 g/mol. The van der Waals surface area contributed by atoms with Crippen LogP contribution in [0.3, 0.4) is 0 Å². The van der Waals surface area contributed by atoms with Crippen molar-refractivity contribution in [1.82, 2.24) is 0 Å². The second-order valence-electron chi connectivity index (χ2n) is 12.1. The fourth-order valence-electron chi connectivity index (χ4n) is 6.77. The Labute approximate surface area is 220 Å². The number of unbranched alkanes of at least 4 members (excludes halogenated alkanes) is 1. The van der Waals surface area contributed by atoms with Crippen molar-refractivity contribution in [3.05, 3.63) is 82.4 Å². The maximum absolute atomic E-state index is 2.68. The van der Waals surface area contributed by atoms with Gasteiger partial charge in [0, 0.05) is 0 Å². The highest BCUT2D eigenvalue weighted by Crippen LogP contribution is 2.47. The van der Waals surface area contributed by atoms with Crippen LogP contribution < -0.4 is 0 Å². The molecule has 4 aromatic rings. The van der Waals surface area contributed by atoms with E-state index in [1.165, 1.54) is 74.2 Å². The molecule has 0 N–H and O–H groups in total. The van der Waals surface area contributed by atoms with Crippen LogP contribution in [0, 0.1) is 27.7 Å². The lowest BCUT2D eigenvalue weighted by atomic mass is 9.36. The van der Waals surface area contributed by atoms with Crippen LogP contribution in [0.4, 0.5) is 0 Å². The molecule has 0 heterocycles. The monoisotopic (exact) mass is 475 g/mol. The van der Waals surface area contributed by atoms with Crippen molar-refractivity contribution in [1.29, 1.82) is 0 Å². The molecule has 187 valence electrons. The van der Waals surface area contributed by atoms with Gasteiger partial charge in [-0.25, -0.2) is 0 Å². The SMILES string of the molecule is CCCCC([B]C(C)(C)C)(CC)c1c(C)c(C)c(-c2cc3ccccc3c3ccccc23)c(C)c1C. The van der Waals surface area contributed by atoms with Crippen LogP contribution in [0.5, 0.6) is 0 Å². The van der Waals surface area contributed by atoms with Gasteiger partial charge in [-0.2, -0.15) is 0 Å². The molecule has 0 nitrogen and oxygen atoms in total. The van der Waals surface area contributed by atoms with E-state index in [2.05, 4.69) is 124 Å². The second-order valence-corrected chi connectivity index (χ2v) is 12.1. The Morgan fingerprint density at radius 1 is 0.694 bits per heavy atom. The third-order valence-corrected chi connectivity index (χ3v) is 8.48. The Morgan fingerprint density at radius 2 is 1.25 bits per heavy atom. The zero-order valence-electron chi connectivity index (χ0n) is 24.1. The third-order valence-electron chi connectivity index (χ3n) is 8.48. The van der Waals surface area contributed by atoms with E-state index in [0.717, 1.165) is 6.42 Å². The van der Waals surface area contributed by atoms with Gasteiger partial charge in [0.15, 0.2) is 0 Å². The van der Waals surface area contributed by atoms with Gasteiger partial charge >= 0.3 is 0 Å². The van der Waals surface area contributed by atoms with Crippen LogP contribution in [-0.4, -0.2) is 7.28 Å². The summed E-state index contributed by atoms with van der Waals surface area (Å²) >= 11 is 0. The summed E-state index contributed by atoms with van der Waals surface area (Å²) in [6.07, 6.45) is 4.85. The van der Waals surface area contributed by atoms with Gasteiger partial charge in [0.2, 0.25) is 0 Å². The van der Waals surface area contributed by atoms with Crippen LogP contribution in [0.25, 0.3) is 32.7 Å². The third kappa shape index (κ3) is 4.62. The number of benzene rings is 4. The number of hydrogen-bond donors (Lipinski definition) is 0. The first-order valence-corrected chi connectivity index (χ1v) is 13.9. The molecule has 1 unspecified atom stereocenters. The first kappa shape index (κ1) is 26.5. The quantitative estimate of drug-likeness (QED) is 0.184. The summed E-state index contributed by atoms with van der Waals surface area (Å²) in [5.41, 5.74) is 10.2. The van der Waals surface area contributed by atoms with E-state index in [1.54, 1.807) is 5.56 Å². The van der Waals surface area contributed by atoms with Crippen molar-refractivity contribution < 1.29 is 0 Å². The molecule has 0 bridgehead atoms. The molecule has 0 aromatic heterocycles.